The molecule has 1 aromatic heterocycles. The molecule has 1 atom stereocenters. The van der Waals surface area contributed by atoms with Crippen LogP contribution >= 0.6 is 11.7 Å². The fraction of sp³-hybridized carbons (Fsp3) is 0.769. The number of piperidine rings is 1. The summed E-state index contributed by atoms with van der Waals surface area (Å²) in [7, 11) is 0. The van der Waals surface area contributed by atoms with Gasteiger partial charge >= 0.3 is 0 Å². The Bertz CT molecular complexity index is 444. The Kier molecular flexibility index (Phi) is 3.43. The summed E-state index contributed by atoms with van der Waals surface area (Å²) in [6, 6.07) is 0. The van der Waals surface area contributed by atoms with Gasteiger partial charge in [-0.05, 0) is 31.6 Å². The molecule has 0 radical (unpaired) electrons. The third-order valence-electron chi connectivity index (χ3n) is 4.29. The van der Waals surface area contributed by atoms with Gasteiger partial charge in [-0.15, -0.1) is 0 Å². The lowest BCUT2D eigenvalue weighted by Gasteiger charge is -2.32. The molecular weight excluding hydrogens is 260 g/mol. The highest BCUT2D eigenvalue weighted by Gasteiger charge is 2.44. The maximum atomic E-state index is 11.9. The number of carbonyl (C=O) groups excluding carboxylic acids is 1. The monoisotopic (exact) mass is 280 g/mol. The minimum atomic E-state index is -0.0623. The van der Waals surface area contributed by atoms with Crippen molar-refractivity contribution in [2.45, 2.75) is 32.6 Å². The highest BCUT2D eigenvalue weighted by molar-refractivity contribution is 6.99. The molecule has 1 amide bonds. The number of carbonyl (C=O) groups is 1. The van der Waals surface area contributed by atoms with Crippen LogP contribution in [0, 0.1) is 11.3 Å². The zero-order valence-electron chi connectivity index (χ0n) is 11.3. The van der Waals surface area contributed by atoms with Gasteiger partial charge in [0.1, 0.15) is 0 Å². The first-order chi connectivity index (χ1) is 9.17. The van der Waals surface area contributed by atoms with Gasteiger partial charge in [-0.1, -0.05) is 6.92 Å². The van der Waals surface area contributed by atoms with Crippen LogP contribution in [-0.2, 0) is 4.79 Å². The van der Waals surface area contributed by atoms with E-state index in [2.05, 4.69) is 25.9 Å². The van der Waals surface area contributed by atoms with Gasteiger partial charge in [0.05, 0.1) is 17.9 Å². The van der Waals surface area contributed by atoms with Crippen molar-refractivity contribution in [2.75, 3.05) is 24.5 Å². The summed E-state index contributed by atoms with van der Waals surface area (Å²) >= 11 is 1.25. The van der Waals surface area contributed by atoms with Crippen LogP contribution in [-0.4, -0.2) is 34.3 Å². The Morgan fingerprint density at radius 3 is 3.16 bits per heavy atom. The predicted octanol–water partition coefficient (Wildman–Crippen LogP) is 1.67. The minimum absolute atomic E-state index is 0.0623. The van der Waals surface area contributed by atoms with Gasteiger partial charge in [0.25, 0.3) is 0 Å². The molecule has 2 fully saturated rings. The van der Waals surface area contributed by atoms with Gasteiger partial charge < -0.3 is 10.2 Å². The Hall–Kier alpha value is -1.17. The Morgan fingerprint density at radius 1 is 1.63 bits per heavy atom. The average molecular weight is 280 g/mol. The van der Waals surface area contributed by atoms with Gasteiger partial charge in [0.2, 0.25) is 5.91 Å². The van der Waals surface area contributed by atoms with Crippen LogP contribution < -0.4 is 10.2 Å². The van der Waals surface area contributed by atoms with E-state index in [1.807, 2.05) is 6.20 Å². The van der Waals surface area contributed by atoms with E-state index in [1.165, 1.54) is 18.1 Å². The molecule has 1 N–H and O–H groups in total. The topological polar surface area (TPSA) is 58.1 Å². The van der Waals surface area contributed by atoms with E-state index in [-0.39, 0.29) is 11.3 Å². The van der Waals surface area contributed by atoms with Crippen LogP contribution in [0.5, 0.6) is 0 Å². The first-order valence-corrected chi connectivity index (χ1v) is 7.71. The summed E-state index contributed by atoms with van der Waals surface area (Å²) in [4.78, 5) is 14.2. The van der Waals surface area contributed by atoms with Gasteiger partial charge in [-0.25, -0.2) is 0 Å². The average Bonchev–Trinajstić information content (AvgIpc) is 2.96. The molecular formula is C13H20N4OS. The molecule has 3 rings (SSSR count). The van der Waals surface area contributed by atoms with Crippen molar-refractivity contribution in [3.05, 3.63) is 6.20 Å². The maximum absolute atomic E-state index is 11.9. The van der Waals surface area contributed by atoms with Crippen LogP contribution in [0.2, 0.25) is 0 Å². The quantitative estimate of drug-likeness (QED) is 0.911. The molecule has 1 unspecified atom stereocenters. The van der Waals surface area contributed by atoms with Gasteiger partial charge in [0, 0.05) is 25.0 Å². The fourth-order valence-corrected chi connectivity index (χ4v) is 3.04. The van der Waals surface area contributed by atoms with Crippen molar-refractivity contribution in [2.24, 2.45) is 11.3 Å². The Balaban J connectivity index is 1.50. The predicted molar refractivity (Wildman–Crippen MR) is 75.2 cm³/mol. The number of hydrogen-bond donors (Lipinski definition) is 1. The van der Waals surface area contributed by atoms with Crippen LogP contribution in [0.15, 0.2) is 6.20 Å². The number of anilines is 1. The van der Waals surface area contributed by atoms with Gasteiger partial charge in [-0.3, -0.25) is 4.79 Å². The second-order valence-electron chi connectivity index (χ2n) is 5.99. The normalized spacial score (nSPS) is 25.1. The van der Waals surface area contributed by atoms with Gasteiger partial charge in [-0.2, -0.15) is 8.75 Å². The zero-order chi connectivity index (χ0) is 13.3. The van der Waals surface area contributed by atoms with E-state index in [4.69, 9.17) is 0 Å². The minimum Gasteiger partial charge on any atom is -0.355 e. The van der Waals surface area contributed by atoms with E-state index in [1.54, 1.807) is 0 Å². The summed E-state index contributed by atoms with van der Waals surface area (Å²) < 4.78 is 8.34. The van der Waals surface area contributed by atoms with Crippen LogP contribution in [0.3, 0.4) is 0 Å². The summed E-state index contributed by atoms with van der Waals surface area (Å²) in [6.45, 7) is 4.87. The molecule has 1 aliphatic heterocycles. The molecule has 2 heterocycles. The molecule has 0 aromatic carbocycles. The number of rotatable bonds is 4. The molecule has 0 spiro atoms. The lowest BCUT2D eigenvalue weighted by atomic mass is 9.97. The third-order valence-corrected chi connectivity index (χ3v) is 4.76. The largest absolute Gasteiger partial charge is 0.355 e. The van der Waals surface area contributed by atoms with Crippen LogP contribution in [0.25, 0.3) is 0 Å². The van der Waals surface area contributed by atoms with E-state index in [9.17, 15) is 4.79 Å². The second-order valence-corrected chi connectivity index (χ2v) is 6.55. The summed E-state index contributed by atoms with van der Waals surface area (Å²) in [5, 5.41) is 3.12. The molecule has 1 aromatic rings. The summed E-state index contributed by atoms with van der Waals surface area (Å²) in [6.07, 6.45) is 6.26. The smallest absolute Gasteiger partial charge is 0.225 e. The number of nitrogens with one attached hydrogen (secondary N) is 1. The summed E-state index contributed by atoms with van der Waals surface area (Å²) in [5.74, 6) is 1.75. The van der Waals surface area contributed by atoms with Crippen molar-refractivity contribution in [1.82, 2.24) is 14.1 Å². The second kappa shape index (κ2) is 5.07. The zero-order valence-corrected chi connectivity index (χ0v) is 12.1. The van der Waals surface area contributed by atoms with Crippen molar-refractivity contribution in [3.63, 3.8) is 0 Å². The molecule has 0 bridgehead atoms. The first-order valence-electron chi connectivity index (χ1n) is 6.98. The lowest BCUT2D eigenvalue weighted by Crippen LogP contribution is -2.42. The highest BCUT2D eigenvalue weighted by Crippen LogP contribution is 2.45. The van der Waals surface area contributed by atoms with E-state index in [0.29, 0.717) is 5.92 Å². The Morgan fingerprint density at radius 2 is 2.47 bits per heavy atom. The fourth-order valence-electron chi connectivity index (χ4n) is 2.60. The lowest BCUT2D eigenvalue weighted by molar-refractivity contribution is -0.125. The van der Waals surface area contributed by atoms with E-state index < -0.39 is 0 Å². The van der Waals surface area contributed by atoms with Crippen molar-refractivity contribution in [1.29, 1.82) is 0 Å². The maximum Gasteiger partial charge on any atom is 0.225 e. The van der Waals surface area contributed by atoms with Crippen molar-refractivity contribution in [3.8, 4) is 0 Å². The van der Waals surface area contributed by atoms with Gasteiger partial charge in [0.15, 0.2) is 5.82 Å². The number of aromatic nitrogens is 2. The molecule has 104 valence electrons. The van der Waals surface area contributed by atoms with Crippen LogP contribution in [0.1, 0.15) is 32.6 Å². The number of amides is 1. The molecule has 1 aliphatic carbocycles. The van der Waals surface area contributed by atoms with E-state index >= 15 is 0 Å². The van der Waals surface area contributed by atoms with E-state index in [0.717, 1.165) is 44.7 Å². The molecule has 6 heteroatoms. The molecule has 1 saturated carbocycles. The standard InChI is InChI=1S/C13H20N4OS/c1-13(4-5-13)12(18)14-7-10-3-2-6-17(9-10)11-8-15-19-16-11/h8,10H,2-7,9H2,1H3,(H,14,18). The molecule has 1 saturated heterocycles. The molecule has 2 aliphatic rings. The highest BCUT2D eigenvalue weighted by atomic mass is 32.1. The number of nitrogens with zero attached hydrogens (tertiary/aromatic N) is 3. The molecule has 5 nitrogen and oxygen atoms in total. The summed E-state index contributed by atoms with van der Waals surface area (Å²) in [5.41, 5.74) is -0.0623. The third kappa shape index (κ3) is 2.88. The van der Waals surface area contributed by atoms with Crippen molar-refractivity contribution >= 4 is 23.5 Å². The SMILES string of the molecule is CC1(C(=O)NCC2CCCN(c3cnsn3)C2)CC1. The first kappa shape index (κ1) is 12.8. The molecule has 19 heavy (non-hydrogen) atoms. The van der Waals surface area contributed by atoms with Crippen LogP contribution in [0.4, 0.5) is 5.82 Å². The Labute approximate surface area is 117 Å². The number of hydrogen-bond acceptors (Lipinski definition) is 5. The van der Waals surface area contributed by atoms with Crippen molar-refractivity contribution < 1.29 is 4.79 Å².